The molecule has 3 N–H and O–H groups in total. The molecule has 0 saturated carbocycles. The summed E-state index contributed by atoms with van der Waals surface area (Å²) in [4.78, 5) is 20.8. The lowest BCUT2D eigenvalue weighted by molar-refractivity contribution is -0.0135. The zero-order valence-electron chi connectivity index (χ0n) is 20.1. The molecule has 1 unspecified atom stereocenters. The van der Waals surface area contributed by atoms with Crippen LogP contribution < -0.4 is 4.74 Å². The standard InChI is InChI=1S/C25H39N3O4/c1-6-7-8-9-10-11-16-32-20-14-12-19(13-15-20)21-17-26-22(27-21)25(5,18-29)28(23(30)31)24(2,3)4/h12-15,17,29H,6-11,16,18H2,1-5H3,(H,26,27)(H,30,31). The Morgan fingerprint density at radius 1 is 1.06 bits per heavy atom. The summed E-state index contributed by atoms with van der Waals surface area (Å²) in [5, 5.41) is 19.9. The van der Waals surface area contributed by atoms with Gasteiger partial charge >= 0.3 is 6.09 Å². The third kappa shape index (κ3) is 6.48. The van der Waals surface area contributed by atoms with Crippen molar-refractivity contribution in [3.63, 3.8) is 0 Å². The summed E-state index contributed by atoms with van der Waals surface area (Å²) in [6, 6.07) is 7.75. The molecule has 1 heterocycles. The first-order valence-electron chi connectivity index (χ1n) is 11.6. The van der Waals surface area contributed by atoms with Gasteiger partial charge in [-0.05, 0) is 63.9 Å². The van der Waals surface area contributed by atoms with Gasteiger partial charge in [0.2, 0.25) is 0 Å². The number of hydrogen-bond acceptors (Lipinski definition) is 4. The Kier molecular flexibility index (Phi) is 9.13. The number of H-pyrrole nitrogens is 1. The Morgan fingerprint density at radius 3 is 2.25 bits per heavy atom. The summed E-state index contributed by atoms with van der Waals surface area (Å²) in [5.41, 5.74) is -0.261. The summed E-state index contributed by atoms with van der Waals surface area (Å²) in [5.74, 6) is 1.22. The normalized spacial score (nSPS) is 13.6. The number of hydrogen-bond donors (Lipinski definition) is 3. The van der Waals surface area contributed by atoms with Crippen molar-refractivity contribution in [2.45, 2.75) is 84.2 Å². The van der Waals surface area contributed by atoms with Crippen LogP contribution in [0, 0.1) is 0 Å². The SMILES string of the molecule is CCCCCCCCOc1ccc(-c2cnc(C(C)(CO)N(C(=O)O)C(C)(C)C)[nH]2)cc1. The molecule has 1 amide bonds. The van der Waals surface area contributed by atoms with E-state index in [0.717, 1.165) is 23.4 Å². The van der Waals surface area contributed by atoms with Gasteiger partial charge in [0.1, 0.15) is 17.1 Å². The topological polar surface area (TPSA) is 98.7 Å². The predicted octanol–water partition coefficient (Wildman–Crippen LogP) is 5.80. The summed E-state index contributed by atoms with van der Waals surface area (Å²) < 4.78 is 5.84. The van der Waals surface area contributed by atoms with Crippen LogP contribution in [0.1, 0.15) is 79.0 Å². The van der Waals surface area contributed by atoms with Gasteiger partial charge in [-0.1, -0.05) is 39.0 Å². The maximum atomic E-state index is 12.0. The van der Waals surface area contributed by atoms with E-state index in [1.807, 2.05) is 24.3 Å². The lowest BCUT2D eigenvalue weighted by Gasteiger charge is -2.45. The van der Waals surface area contributed by atoms with Gasteiger partial charge in [-0.25, -0.2) is 9.78 Å². The number of imidazole rings is 1. The average molecular weight is 446 g/mol. The second kappa shape index (κ2) is 11.4. The Labute approximate surface area is 191 Å². The van der Waals surface area contributed by atoms with Gasteiger partial charge in [0.15, 0.2) is 0 Å². The van der Waals surface area contributed by atoms with Crippen LogP contribution in [0.5, 0.6) is 5.75 Å². The number of carbonyl (C=O) groups is 1. The van der Waals surface area contributed by atoms with Crippen LogP contribution in [0.3, 0.4) is 0 Å². The molecule has 0 radical (unpaired) electrons. The van der Waals surface area contributed by atoms with Crippen LogP contribution in [-0.4, -0.2) is 49.9 Å². The number of benzene rings is 1. The Morgan fingerprint density at radius 2 is 1.69 bits per heavy atom. The van der Waals surface area contributed by atoms with Gasteiger partial charge < -0.3 is 19.9 Å². The molecule has 0 saturated heterocycles. The van der Waals surface area contributed by atoms with E-state index < -0.39 is 23.8 Å². The molecule has 7 nitrogen and oxygen atoms in total. The first-order chi connectivity index (χ1) is 15.1. The molecule has 32 heavy (non-hydrogen) atoms. The molecule has 1 aromatic heterocycles. The second-order valence-electron chi connectivity index (χ2n) is 9.51. The van der Waals surface area contributed by atoms with Crippen LogP contribution in [-0.2, 0) is 5.54 Å². The molecular formula is C25H39N3O4. The number of aromatic amines is 1. The van der Waals surface area contributed by atoms with E-state index in [0.29, 0.717) is 12.4 Å². The highest BCUT2D eigenvalue weighted by Crippen LogP contribution is 2.34. The molecule has 2 rings (SSSR count). The molecule has 0 fully saturated rings. The lowest BCUT2D eigenvalue weighted by atomic mass is 9.93. The first-order valence-corrected chi connectivity index (χ1v) is 11.6. The van der Waals surface area contributed by atoms with Gasteiger partial charge in [0, 0.05) is 5.54 Å². The zero-order chi connectivity index (χ0) is 23.8. The number of unbranched alkanes of at least 4 members (excludes halogenated alkanes) is 5. The van der Waals surface area contributed by atoms with E-state index in [9.17, 15) is 15.0 Å². The maximum Gasteiger partial charge on any atom is 0.408 e. The summed E-state index contributed by atoms with van der Waals surface area (Å²) in [7, 11) is 0. The molecule has 1 atom stereocenters. The van der Waals surface area contributed by atoms with E-state index in [2.05, 4.69) is 16.9 Å². The number of ether oxygens (including phenoxy) is 1. The number of aliphatic hydroxyl groups excluding tert-OH is 1. The van der Waals surface area contributed by atoms with E-state index in [1.54, 1.807) is 33.9 Å². The van der Waals surface area contributed by atoms with E-state index in [1.165, 1.54) is 37.0 Å². The number of rotatable bonds is 12. The summed E-state index contributed by atoms with van der Waals surface area (Å²) >= 11 is 0. The van der Waals surface area contributed by atoms with Crippen molar-refractivity contribution in [2.24, 2.45) is 0 Å². The van der Waals surface area contributed by atoms with Crippen molar-refractivity contribution in [1.82, 2.24) is 14.9 Å². The number of aliphatic hydroxyl groups is 1. The minimum atomic E-state index is -1.21. The van der Waals surface area contributed by atoms with Crippen LogP contribution >= 0.6 is 0 Å². The van der Waals surface area contributed by atoms with Gasteiger partial charge in [-0.3, -0.25) is 4.90 Å². The third-order valence-electron chi connectivity index (χ3n) is 5.68. The fourth-order valence-corrected chi connectivity index (χ4v) is 4.03. The van der Waals surface area contributed by atoms with Crippen LogP contribution in [0.4, 0.5) is 4.79 Å². The van der Waals surface area contributed by atoms with Crippen LogP contribution in [0.25, 0.3) is 11.3 Å². The molecule has 178 valence electrons. The Bertz CT molecular complexity index is 842. The van der Waals surface area contributed by atoms with Crippen molar-refractivity contribution >= 4 is 6.09 Å². The number of amides is 1. The highest BCUT2D eigenvalue weighted by atomic mass is 16.5. The van der Waals surface area contributed by atoms with Gasteiger partial charge in [-0.15, -0.1) is 0 Å². The molecule has 0 spiro atoms. The van der Waals surface area contributed by atoms with Crippen molar-refractivity contribution in [1.29, 1.82) is 0 Å². The monoisotopic (exact) mass is 445 g/mol. The molecule has 2 aromatic rings. The first kappa shape index (κ1) is 25.7. The number of aromatic nitrogens is 2. The highest BCUT2D eigenvalue weighted by molar-refractivity contribution is 5.68. The van der Waals surface area contributed by atoms with Crippen LogP contribution in [0.2, 0.25) is 0 Å². The van der Waals surface area contributed by atoms with Gasteiger partial charge in [0.05, 0.1) is 25.1 Å². The Hall–Kier alpha value is -2.54. The fourth-order valence-electron chi connectivity index (χ4n) is 4.03. The quantitative estimate of drug-likeness (QED) is 0.359. The predicted molar refractivity (Wildman–Crippen MR) is 127 cm³/mol. The second-order valence-corrected chi connectivity index (χ2v) is 9.51. The summed E-state index contributed by atoms with van der Waals surface area (Å²) in [6.45, 7) is 9.60. The van der Waals surface area contributed by atoms with E-state index in [4.69, 9.17) is 4.74 Å². The highest BCUT2D eigenvalue weighted by Gasteiger charge is 2.45. The average Bonchev–Trinajstić information content (AvgIpc) is 3.23. The van der Waals surface area contributed by atoms with E-state index >= 15 is 0 Å². The molecule has 0 aliphatic carbocycles. The minimum absolute atomic E-state index is 0.394. The van der Waals surface area contributed by atoms with Crippen LogP contribution in [0.15, 0.2) is 30.5 Å². The van der Waals surface area contributed by atoms with Gasteiger partial charge in [-0.2, -0.15) is 0 Å². The Balaban J connectivity index is 2.05. The molecule has 0 bridgehead atoms. The number of nitrogens with zero attached hydrogens (tertiary/aromatic N) is 2. The summed E-state index contributed by atoms with van der Waals surface area (Å²) in [6.07, 6.45) is 7.93. The van der Waals surface area contributed by atoms with Gasteiger partial charge in [0.25, 0.3) is 0 Å². The zero-order valence-corrected chi connectivity index (χ0v) is 20.1. The molecule has 0 aliphatic rings. The maximum absolute atomic E-state index is 12.0. The fraction of sp³-hybridized carbons (Fsp3) is 0.600. The molecule has 7 heteroatoms. The molecule has 0 aliphatic heterocycles. The van der Waals surface area contributed by atoms with Crippen molar-refractivity contribution in [2.75, 3.05) is 13.2 Å². The minimum Gasteiger partial charge on any atom is -0.494 e. The molecular weight excluding hydrogens is 406 g/mol. The third-order valence-corrected chi connectivity index (χ3v) is 5.68. The smallest absolute Gasteiger partial charge is 0.408 e. The lowest BCUT2D eigenvalue weighted by Crippen LogP contribution is -2.58. The van der Waals surface area contributed by atoms with Crippen molar-refractivity contribution < 1.29 is 19.7 Å². The molecule has 1 aromatic carbocycles. The van der Waals surface area contributed by atoms with E-state index in [-0.39, 0.29) is 0 Å². The van der Waals surface area contributed by atoms with Crippen molar-refractivity contribution in [3.05, 3.63) is 36.3 Å². The van der Waals surface area contributed by atoms with Crippen molar-refractivity contribution in [3.8, 4) is 17.0 Å². The number of carboxylic acid groups (broad SMARTS) is 1. The largest absolute Gasteiger partial charge is 0.494 e. The number of nitrogens with one attached hydrogen (secondary N) is 1.